The van der Waals surface area contributed by atoms with E-state index in [9.17, 15) is 28.5 Å². The van der Waals surface area contributed by atoms with Crippen LogP contribution in [-0.2, 0) is 19.3 Å². The van der Waals surface area contributed by atoms with Gasteiger partial charge in [0.05, 0.1) is 6.61 Å². The third kappa shape index (κ3) is 4.70. The lowest BCUT2D eigenvalue weighted by atomic mass is 9.99. The highest BCUT2D eigenvalue weighted by molar-refractivity contribution is 7.80. The van der Waals surface area contributed by atoms with Crippen LogP contribution in [0.15, 0.2) is 24.3 Å². The van der Waals surface area contributed by atoms with Crippen molar-refractivity contribution in [2.45, 2.75) is 30.7 Å². The fourth-order valence-electron chi connectivity index (χ4n) is 2.06. The Kier molecular flexibility index (Phi) is 5.87. The first kappa shape index (κ1) is 18.7. The van der Waals surface area contributed by atoms with E-state index in [4.69, 9.17) is 14.0 Å². The number of carbonyl (C=O) groups is 1. The van der Waals surface area contributed by atoms with Gasteiger partial charge >= 0.3 is 10.4 Å². The molecular formula is C13H16O10S. The zero-order valence-electron chi connectivity index (χ0n) is 12.1. The van der Waals surface area contributed by atoms with Gasteiger partial charge in [0.1, 0.15) is 36.5 Å². The standard InChI is InChI=1S/C13H16O10S/c14-5-7-1-3-8(4-2-7)22-13-12(17)11(16)10(15)9(23-13)6-21-24(18,19)20/h1-5,9-13,15-17H,6H2,(H,18,19,20)/t9-,10-,11+,12-,13-/m1/s1. The van der Waals surface area contributed by atoms with Crippen molar-refractivity contribution in [3.8, 4) is 5.75 Å². The maximum Gasteiger partial charge on any atom is 0.397 e. The molecule has 1 aliphatic rings. The molecule has 0 amide bonds. The third-order valence-corrected chi connectivity index (χ3v) is 3.75. The van der Waals surface area contributed by atoms with E-state index < -0.39 is 47.7 Å². The summed E-state index contributed by atoms with van der Waals surface area (Å²) in [7, 11) is -4.77. The molecule has 1 aromatic rings. The Labute approximate surface area is 137 Å². The lowest BCUT2D eigenvalue weighted by molar-refractivity contribution is -0.276. The molecule has 4 N–H and O–H groups in total. The highest BCUT2D eigenvalue weighted by Gasteiger charge is 2.45. The van der Waals surface area contributed by atoms with Crippen molar-refractivity contribution in [1.82, 2.24) is 0 Å². The summed E-state index contributed by atoms with van der Waals surface area (Å²) in [6.45, 7) is -0.798. The zero-order valence-corrected chi connectivity index (χ0v) is 12.9. The van der Waals surface area contributed by atoms with Gasteiger partial charge in [-0.3, -0.25) is 9.35 Å². The molecule has 1 fully saturated rings. The average molecular weight is 364 g/mol. The molecule has 0 aromatic heterocycles. The Balaban J connectivity index is 2.08. The number of benzene rings is 1. The van der Waals surface area contributed by atoms with E-state index in [-0.39, 0.29) is 5.75 Å². The molecule has 1 aromatic carbocycles. The fraction of sp³-hybridized carbons (Fsp3) is 0.462. The first-order valence-corrected chi connectivity index (χ1v) is 8.11. The number of aldehydes is 1. The lowest BCUT2D eigenvalue weighted by Crippen LogP contribution is -2.60. The van der Waals surface area contributed by atoms with Gasteiger partial charge in [0.2, 0.25) is 6.29 Å². The minimum atomic E-state index is -4.77. The molecule has 1 saturated heterocycles. The van der Waals surface area contributed by atoms with Crippen molar-refractivity contribution >= 4 is 16.7 Å². The van der Waals surface area contributed by atoms with Crippen molar-refractivity contribution in [3.05, 3.63) is 29.8 Å². The second-order valence-electron chi connectivity index (χ2n) is 5.03. The molecule has 0 aliphatic carbocycles. The van der Waals surface area contributed by atoms with Crippen LogP contribution in [0.3, 0.4) is 0 Å². The molecule has 2 rings (SSSR count). The molecule has 5 atom stereocenters. The lowest BCUT2D eigenvalue weighted by Gasteiger charge is -2.39. The number of rotatable bonds is 6. The first-order chi connectivity index (χ1) is 11.2. The molecule has 0 saturated carbocycles. The summed E-state index contributed by atoms with van der Waals surface area (Å²) in [6, 6.07) is 5.73. The van der Waals surface area contributed by atoms with Gasteiger partial charge in [-0.05, 0) is 24.3 Å². The van der Waals surface area contributed by atoms with Crippen LogP contribution >= 0.6 is 0 Å². The molecular weight excluding hydrogens is 348 g/mol. The Hall–Kier alpha value is -1.60. The van der Waals surface area contributed by atoms with E-state index in [1.54, 1.807) is 0 Å². The van der Waals surface area contributed by atoms with Crippen LogP contribution in [0.4, 0.5) is 0 Å². The van der Waals surface area contributed by atoms with Crippen molar-refractivity contribution in [2.24, 2.45) is 0 Å². The summed E-state index contributed by atoms with van der Waals surface area (Å²) in [5.74, 6) is 0.197. The van der Waals surface area contributed by atoms with E-state index in [1.165, 1.54) is 24.3 Å². The third-order valence-electron chi connectivity index (χ3n) is 3.32. The molecule has 0 bridgehead atoms. The van der Waals surface area contributed by atoms with E-state index in [0.717, 1.165) is 0 Å². The van der Waals surface area contributed by atoms with E-state index in [1.807, 2.05) is 0 Å². The van der Waals surface area contributed by atoms with Gasteiger partial charge in [0.25, 0.3) is 0 Å². The number of hydrogen-bond acceptors (Lipinski definition) is 9. The van der Waals surface area contributed by atoms with Crippen LogP contribution in [0.1, 0.15) is 10.4 Å². The Morgan fingerprint density at radius 1 is 1.08 bits per heavy atom. The Morgan fingerprint density at radius 2 is 1.71 bits per heavy atom. The Bertz CT molecular complexity index is 658. The smallest absolute Gasteiger partial charge is 0.397 e. The van der Waals surface area contributed by atoms with Gasteiger partial charge in [-0.1, -0.05) is 0 Å². The molecule has 10 nitrogen and oxygen atoms in total. The predicted molar refractivity (Wildman–Crippen MR) is 76.6 cm³/mol. The van der Waals surface area contributed by atoms with Crippen molar-refractivity contribution in [1.29, 1.82) is 0 Å². The molecule has 11 heteroatoms. The second kappa shape index (κ2) is 7.53. The average Bonchev–Trinajstić information content (AvgIpc) is 2.54. The van der Waals surface area contributed by atoms with Crippen molar-refractivity contribution < 1.29 is 46.7 Å². The van der Waals surface area contributed by atoms with Crippen LogP contribution in [0, 0.1) is 0 Å². The SMILES string of the molecule is O=Cc1ccc(O[C@@H]2O[C@H](COS(=O)(=O)O)[C@@H](O)[C@H](O)[C@H]2O)cc1. The number of aliphatic hydroxyl groups is 3. The first-order valence-electron chi connectivity index (χ1n) is 6.74. The summed E-state index contributed by atoms with van der Waals surface area (Å²) in [5, 5.41) is 29.5. The number of carbonyl (C=O) groups excluding carboxylic acids is 1. The van der Waals surface area contributed by atoms with Crippen molar-refractivity contribution in [2.75, 3.05) is 6.61 Å². The van der Waals surface area contributed by atoms with Crippen LogP contribution in [0.2, 0.25) is 0 Å². The quantitative estimate of drug-likeness (QED) is 0.346. The van der Waals surface area contributed by atoms with E-state index in [2.05, 4.69) is 4.18 Å². The maximum absolute atomic E-state index is 10.6. The van der Waals surface area contributed by atoms with Gasteiger partial charge in [-0.25, -0.2) is 4.18 Å². The van der Waals surface area contributed by atoms with Crippen LogP contribution < -0.4 is 4.74 Å². The van der Waals surface area contributed by atoms with Crippen LogP contribution in [0.25, 0.3) is 0 Å². The van der Waals surface area contributed by atoms with Crippen LogP contribution in [0.5, 0.6) is 5.75 Å². The fourth-order valence-corrected chi connectivity index (χ4v) is 2.37. The van der Waals surface area contributed by atoms with Gasteiger partial charge in [0.15, 0.2) is 0 Å². The minimum absolute atomic E-state index is 0.197. The second-order valence-corrected chi connectivity index (χ2v) is 6.12. The molecule has 0 unspecified atom stereocenters. The van der Waals surface area contributed by atoms with Gasteiger partial charge < -0.3 is 24.8 Å². The molecule has 134 valence electrons. The normalized spacial score (nSPS) is 30.8. The van der Waals surface area contributed by atoms with E-state index >= 15 is 0 Å². The summed E-state index contributed by atoms with van der Waals surface area (Å²) in [4.78, 5) is 10.6. The predicted octanol–water partition coefficient (Wildman–Crippen LogP) is -1.50. The summed E-state index contributed by atoms with van der Waals surface area (Å²) < 4.78 is 44.3. The largest absolute Gasteiger partial charge is 0.462 e. The maximum atomic E-state index is 10.6. The zero-order chi connectivity index (χ0) is 17.9. The summed E-state index contributed by atoms with van der Waals surface area (Å²) in [5.41, 5.74) is 0.391. The topological polar surface area (TPSA) is 160 Å². The minimum Gasteiger partial charge on any atom is -0.462 e. The highest BCUT2D eigenvalue weighted by atomic mass is 32.3. The highest BCUT2D eigenvalue weighted by Crippen LogP contribution is 2.25. The number of aliphatic hydroxyl groups excluding tert-OH is 3. The monoisotopic (exact) mass is 364 g/mol. The Morgan fingerprint density at radius 3 is 2.25 bits per heavy atom. The molecule has 24 heavy (non-hydrogen) atoms. The van der Waals surface area contributed by atoms with Crippen molar-refractivity contribution in [3.63, 3.8) is 0 Å². The van der Waals surface area contributed by atoms with Gasteiger partial charge in [0, 0.05) is 5.56 Å². The number of hydrogen-bond donors (Lipinski definition) is 4. The van der Waals surface area contributed by atoms with Gasteiger partial charge in [-0.2, -0.15) is 8.42 Å². The van der Waals surface area contributed by atoms with Crippen LogP contribution in [-0.4, -0.2) is 71.9 Å². The molecule has 1 heterocycles. The summed E-state index contributed by atoms with van der Waals surface area (Å²) in [6.07, 6.45) is -7.21. The van der Waals surface area contributed by atoms with E-state index in [0.29, 0.717) is 11.8 Å². The summed E-state index contributed by atoms with van der Waals surface area (Å²) >= 11 is 0. The molecule has 1 aliphatic heterocycles. The molecule has 0 spiro atoms. The number of ether oxygens (including phenoxy) is 2. The van der Waals surface area contributed by atoms with Gasteiger partial charge in [-0.15, -0.1) is 0 Å². The molecule has 0 radical (unpaired) electrons.